The third-order valence-corrected chi connectivity index (χ3v) is 3.95. The maximum absolute atomic E-state index is 12.0. The molecule has 0 aliphatic heterocycles. The van der Waals surface area contributed by atoms with Crippen molar-refractivity contribution in [3.63, 3.8) is 0 Å². The van der Waals surface area contributed by atoms with Gasteiger partial charge < -0.3 is 5.11 Å². The van der Waals surface area contributed by atoms with Crippen LogP contribution in [-0.4, -0.2) is 54.8 Å². The summed E-state index contributed by atoms with van der Waals surface area (Å²) in [7, 11) is -2.32. The van der Waals surface area contributed by atoms with Gasteiger partial charge in [-0.2, -0.15) is 17.0 Å². The highest BCUT2D eigenvalue weighted by Crippen LogP contribution is 2.07. The minimum Gasteiger partial charge on any atom is -0.481 e. The molecule has 0 saturated heterocycles. The molecule has 6 nitrogen and oxygen atoms in total. The van der Waals surface area contributed by atoms with Crippen molar-refractivity contribution in [1.82, 2.24) is 8.61 Å². The Hall–Kier alpha value is -1.18. The van der Waals surface area contributed by atoms with E-state index in [0.29, 0.717) is 0 Å². The van der Waals surface area contributed by atoms with Gasteiger partial charge in [-0.15, -0.1) is 13.2 Å². The van der Waals surface area contributed by atoms with Gasteiger partial charge in [-0.1, -0.05) is 12.2 Å². The predicted octanol–water partition coefficient (Wildman–Crippen LogP) is 0.312. The Bertz CT molecular complexity index is 368. The first kappa shape index (κ1) is 15.8. The smallest absolute Gasteiger partial charge is 0.304 e. The van der Waals surface area contributed by atoms with Crippen LogP contribution in [0.2, 0.25) is 0 Å². The van der Waals surface area contributed by atoms with Crippen molar-refractivity contribution in [1.29, 1.82) is 0 Å². The number of hydrogen-bond acceptors (Lipinski definition) is 3. The molecule has 0 heterocycles. The summed E-state index contributed by atoms with van der Waals surface area (Å²) >= 11 is 0. The monoisotopic (exact) mass is 262 g/mol. The molecule has 1 N–H and O–H groups in total. The van der Waals surface area contributed by atoms with Crippen LogP contribution < -0.4 is 0 Å². The number of aliphatic carboxylic acids is 1. The van der Waals surface area contributed by atoms with E-state index < -0.39 is 16.2 Å². The standard InChI is InChI=1S/C10H18N2O4S/c1-4-7-12(8-5-2)17(15,16)11(3)9-6-10(13)14/h4-5H,1-2,6-9H2,3H3,(H,13,14). The molecule has 7 heteroatoms. The first-order chi connectivity index (χ1) is 7.86. The molecule has 98 valence electrons. The zero-order chi connectivity index (χ0) is 13.5. The second kappa shape index (κ2) is 7.21. The molecule has 0 amide bonds. The van der Waals surface area contributed by atoms with Crippen LogP contribution in [0.3, 0.4) is 0 Å². The first-order valence-electron chi connectivity index (χ1n) is 5.01. The Morgan fingerprint density at radius 3 is 2.12 bits per heavy atom. The lowest BCUT2D eigenvalue weighted by molar-refractivity contribution is -0.137. The van der Waals surface area contributed by atoms with Crippen molar-refractivity contribution in [3.05, 3.63) is 25.3 Å². The number of carboxylic acid groups (broad SMARTS) is 1. The molecule has 0 unspecified atom stereocenters. The van der Waals surface area contributed by atoms with Crippen molar-refractivity contribution in [2.45, 2.75) is 6.42 Å². The van der Waals surface area contributed by atoms with Crippen molar-refractivity contribution < 1.29 is 18.3 Å². The molecule has 0 atom stereocenters. The van der Waals surface area contributed by atoms with E-state index >= 15 is 0 Å². The third kappa shape index (κ3) is 5.12. The molecule has 0 radical (unpaired) electrons. The third-order valence-electron chi connectivity index (χ3n) is 2.03. The van der Waals surface area contributed by atoms with E-state index in [-0.39, 0.29) is 26.1 Å². The second-order valence-corrected chi connectivity index (χ2v) is 5.40. The summed E-state index contributed by atoms with van der Waals surface area (Å²) in [6.45, 7) is 7.20. The highest BCUT2D eigenvalue weighted by atomic mass is 32.2. The van der Waals surface area contributed by atoms with E-state index in [1.54, 1.807) is 0 Å². The van der Waals surface area contributed by atoms with Gasteiger partial charge in [0.2, 0.25) is 0 Å². The van der Waals surface area contributed by atoms with Crippen molar-refractivity contribution in [3.8, 4) is 0 Å². The maximum Gasteiger partial charge on any atom is 0.304 e. The normalized spacial score (nSPS) is 11.7. The molecular formula is C10H18N2O4S. The van der Waals surface area contributed by atoms with Crippen LogP contribution in [0.1, 0.15) is 6.42 Å². The van der Waals surface area contributed by atoms with E-state index in [4.69, 9.17) is 5.11 Å². The molecule has 0 rings (SSSR count). The Morgan fingerprint density at radius 2 is 1.76 bits per heavy atom. The van der Waals surface area contributed by atoms with Gasteiger partial charge in [-0.05, 0) is 0 Å². The van der Waals surface area contributed by atoms with E-state index in [1.807, 2.05) is 0 Å². The number of carbonyl (C=O) groups is 1. The largest absolute Gasteiger partial charge is 0.481 e. The molecule has 0 spiro atoms. The predicted molar refractivity (Wildman–Crippen MR) is 65.8 cm³/mol. The Balaban J connectivity index is 4.74. The minimum absolute atomic E-state index is 0.0670. The lowest BCUT2D eigenvalue weighted by Crippen LogP contribution is -2.42. The summed E-state index contributed by atoms with van der Waals surface area (Å²) in [6.07, 6.45) is 2.70. The van der Waals surface area contributed by atoms with Crippen LogP contribution in [0.4, 0.5) is 0 Å². The summed E-state index contributed by atoms with van der Waals surface area (Å²) in [6, 6.07) is 0. The maximum atomic E-state index is 12.0. The van der Waals surface area contributed by atoms with Gasteiger partial charge in [-0.3, -0.25) is 4.79 Å². The summed E-state index contributed by atoms with van der Waals surface area (Å²) < 4.78 is 26.1. The number of hydrogen-bond donors (Lipinski definition) is 1. The fourth-order valence-corrected chi connectivity index (χ4v) is 2.42. The molecule has 0 bridgehead atoms. The zero-order valence-corrected chi connectivity index (χ0v) is 10.7. The highest BCUT2D eigenvalue weighted by molar-refractivity contribution is 7.86. The first-order valence-corrected chi connectivity index (χ1v) is 6.41. The number of rotatable bonds is 9. The van der Waals surface area contributed by atoms with Gasteiger partial charge in [0.1, 0.15) is 0 Å². The lowest BCUT2D eigenvalue weighted by atomic mass is 10.4. The van der Waals surface area contributed by atoms with E-state index in [2.05, 4.69) is 13.2 Å². The highest BCUT2D eigenvalue weighted by Gasteiger charge is 2.25. The Labute approximate surface area is 102 Å². The molecule has 0 aromatic heterocycles. The van der Waals surface area contributed by atoms with Crippen LogP contribution in [0.5, 0.6) is 0 Å². The summed E-state index contributed by atoms with van der Waals surface area (Å²) in [5.41, 5.74) is 0. The van der Waals surface area contributed by atoms with Gasteiger partial charge >= 0.3 is 5.97 Å². The quantitative estimate of drug-likeness (QED) is 0.607. The Kier molecular flexibility index (Phi) is 6.71. The van der Waals surface area contributed by atoms with Gasteiger partial charge in [-0.25, -0.2) is 0 Å². The second-order valence-electron chi connectivity index (χ2n) is 3.37. The molecule has 0 saturated carbocycles. The van der Waals surface area contributed by atoms with Gasteiger partial charge in [0.15, 0.2) is 0 Å². The molecule has 0 aliphatic carbocycles. The number of nitrogens with zero attached hydrogens (tertiary/aromatic N) is 2. The molecule has 0 aliphatic rings. The van der Waals surface area contributed by atoms with Crippen molar-refractivity contribution in [2.75, 3.05) is 26.7 Å². The average molecular weight is 262 g/mol. The Morgan fingerprint density at radius 1 is 1.29 bits per heavy atom. The van der Waals surface area contributed by atoms with E-state index in [1.165, 1.54) is 19.2 Å². The summed E-state index contributed by atoms with van der Waals surface area (Å²) in [5, 5.41) is 8.51. The van der Waals surface area contributed by atoms with Crippen molar-refractivity contribution in [2.24, 2.45) is 0 Å². The fourth-order valence-electron chi connectivity index (χ4n) is 1.12. The fraction of sp³-hybridized carbons (Fsp3) is 0.500. The van der Waals surface area contributed by atoms with Crippen LogP contribution >= 0.6 is 0 Å². The minimum atomic E-state index is -3.66. The lowest BCUT2D eigenvalue weighted by Gasteiger charge is -2.25. The van der Waals surface area contributed by atoms with Gasteiger partial charge in [0.25, 0.3) is 10.2 Å². The van der Waals surface area contributed by atoms with Gasteiger partial charge in [0, 0.05) is 26.7 Å². The topological polar surface area (TPSA) is 77.9 Å². The van der Waals surface area contributed by atoms with Crippen LogP contribution in [0.25, 0.3) is 0 Å². The van der Waals surface area contributed by atoms with E-state index in [0.717, 1.165) is 8.61 Å². The SMILES string of the molecule is C=CCN(CC=C)S(=O)(=O)N(C)CCC(=O)O. The van der Waals surface area contributed by atoms with Crippen molar-refractivity contribution >= 4 is 16.2 Å². The van der Waals surface area contributed by atoms with Crippen LogP contribution in [0.15, 0.2) is 25.3 Å². The number of carboxylic acids is 1. The summed E-state index contributed by atoms with van der Waals surface area (Å²) in [4.78, 5) is 10.4. The van der Waals surface area contributed by atoms with Gasteiger partial charge in [0.05, 0.1) is 6.42 Å². The van der Waals surface area contributed by atoms with Crippen LogP contribution in [0, 0.1) is 0 Å². The zero-order valence-electron chi connectivity index (χ0n) is 9.87. The molecule has 17 heavy (non-hydrogen) atoms. The molecule has 0 aromatic rings. The molecular weight excluding hydrogens is 244 g/mol. The average Bonchev–Trinajstić information content (AvgIpc) is 2.25. The van der Waals surface area contributed by atoms with E-state index in [9.17, 15) is 13.2 Å². The summed E-state index contributed by atoms with van der Waals surface area (Å²) in [5.74, 6) is -1.04. The molecule has 0 aromatic carbocycles. The molecule has 0 fully saturated rings. The van der Waals surface area contributed by atoms with Crippen LogP contribution in [-0.2, 0) is 15.0 Å².